The van der Waals surface area contributed by atoms with Gasteiger partial charge in [0.2, 0.25) is 0 Å². The lowest BCUT2D eigenvalue weighted by atomic mass is 10.1. The van der Waals surface area contributed by atoms with Gasteiger partial charge in [-0.25, -0.2) is 4.79 Å². The van der Waals surface area contributed by atoms with E-state index in [1.54, 1.807) is 6.92 Å². The van der Waals surface area contributed by atoms with Crippen LogP contribution in [0.4, 0.5) is 0 Å². The maximum Gasteiger partial charge on any atom is 0.337 e. The number of fused-ring (bicyclic) bond motifs is 1. The Balaban J connectivity index is 2.10. The van der Waals surface area contributed by atoms with Crippen molar-refractivity contribution in [3.63, 3.8) is 0 Å². The number of halogens is 1. The highest BCUT2D eigenvalue weighted by molar-refractivity contribution is 6.76. The van der Waals surface area contributed by atoms with Crippen LogP contribution in [0.2, 0.25) is 25.7 Å². The number of esters is 1. The second kappa shape index (κ2) is 11.2. The van der Waals surface area contributed by atoms with Crippen LogP contribution in [0.25, 0.3) is 10.9 Å². The average molecular weight is 440 g/mol. The van der Waals surface area contributed by atoms with Gasteiger partial charge in [-0.3, -0.25) is 0 Å². The molecule has 2 atom stereocenters. The molecule has 0 aliphatic rings. The molecular weight excluding hydrogens is 406 g/mol. The van der Waals surface area contributed by atoms with Crippen LogP contribution >= 0.6 is 11.6 Å². The third kappa shape index (κ3) is 7.14. The first-order valence-corrected chi connectivity index (χ1v) is 14.5. The molecule has 0 amide bonds. The molecule has 0 aliphatic carbocycles. The van der Waals surface area contributed by atoms with Gasteiger partial charge in [-0.15, -0.1) is 11.6 Å². The smallest absolute Gasteiger partial charge is 0.337 e. The van der Waals surface area contributed by atoms with E-state index < -0.39 is 25.5 Å². The average Bonchev–Trinajstić information content (AvgIpc) is 3.07. The summed E-state index contributed by atoms with van der Waals surface area (Å²) in [6.07, 6.45) is 2.00. The molecule has 1 aromatic carbocycles. The lowest BCUT2D eigenvalue weighted by molar-refractivity contribution is -0.157. The van der Waals surface area contributed by atoms with Crippen molar-refractivity contribution in [2.45, 2.75) is 64.2 Å². The first kappa shape index (κ1) is 23.9. The van der Waals surface area contributed by atoms with Gasteiger partial charge >= 0.3 is 5.97 Å². The van der Waals surface area contributed by atoms with Gasteiger partial charge in [0.05, 0.1) is 12.0 Å². The molecule has 0 fully saturated rings. The van der Waals surface area contributed by atoms with Gasteiger partial charge in [-0.2, -0.15) is 0 Å². The van der Waals surface area contributed by atoms with Gasteiger partial charge in [-0.1, -0.05) is 32.6 Å². The minimum absolute atomic E-state index is 0.300. The minimum Gasteiger partial charge on any atom is -0.464 e. The highest BCUT2D eigenvalue weighted by Crippen LogP contribution is 2.30. The van der Waals surface area contributed by atoms with Crippen LogP contribution in [-0.4, -0.2) is 44.5 Å². The normalized spacial score (nSPS) is 14.1. The van der Waals surface area contributed by atoms with Crippen molar-refractivity contribution in [2.24, 2.45) is 0 Å². The van der Waals surface area contributed by atoms with E-state index in [0.717, 1.165) is 35.5 Å². The highest BCUT2D eigenvalue weighted by atomic mass is 35.5. The van der Waals surface area contributed by atoms with E-state index in [0.29, 0.717) is 19.9 Å². The van der Waals surface area contributed by atoms with Crippen LogP contribution in [0, 0.1) is 0 Å². The molecule has 0 saturated carbocycles. The SMILES string of the molecule is CCCOC(C(=O)OCC)C(Cl)c1ccc2c(ccn2COCC[Si](C)(C)C)c1. The summed E-state index contributed by atoms with van der Waals surface area (Å²) in [4.78, 5) is 12.3. The molecule has 1 aromatic heterocycles. The van der Waals surface area contributed by atoms with Gasteiger partial charge < -0.3 is 18.8 Å². The van der Waals surface area contributed by atoms with Crippen LogP contribution in [-0.2, 0) is 25.7 Å². The predicted molar refractivity (Wildman–Crippen MR) is 121 cm³/mol. The molecule has 5 nitrogen and oxygen atoms in total. The number of aromatic nitrogens is 1. The molecule has 7 heteroatoms. The summed E-state index contributed by atoms with van der Waals surface area (Å²) in [7, 11) is -1.09. The van der Waals surface area contributed by atoms with E-state index >= 15 is 0 Å². The monoisotopic (exact) mass is 439 g/mol. The van der Waals surface area contributed by atoms with Crippen LogP contribution < -0.4 is 0 Å². The second-order valence-corrected chi connectivity index (χ2v) is 14.5. The van der Waals surface area contributed by atoms with Crippen molar-refractivity contribution in [3.8, 4) is 0 Å². The first-order valence-electron chi connectivity index (χ1n) is 10.4. The van der Waals surface area contributed by atoms with Crippen LogP contribution in [0.1, 0.15) is 31.2 Å². The number of carbonyl (C=O) groups is 1. The van der Waals surface area contributed by atoms with E-state index in [9.17, 15) is 4.79 Å². The Kier molecular flexibility index (Phi) is 9.21. The number of alkyl halides is 1. The fourth-order valence-electron chi connectivity index (χ4n) is 2.96. The zero-order valence-electron chi connectivity index (χ0n) is 18.2. The van der Waals surface area contributed by atoms with Crippen LogP contribution in [0.3, 0.4) is 0 Å². The topological polar surface area (TPSA) is 49.7 Å². The van der Waals surface area contributed by atoms with Crippen LogP contribution in [0.15, 0.2) is 30.5 Å². The maximum atomic E-state index is 12.3. The van der Waals surface area contributed by atoms with Crippen molar-refractivity contribution >= 4 is 36.5 Å². The summed E-state index contributed by atoms with van der Waals surface area (Å²) < 4.78 is 18.8. The molecule has 0 aliphatic heterocycles. The number of carbonyl (C=O) groups excluding carboxylic acids is 1. The lowest BCUT2D eigenvalue weighted by Crippen LogP contribution is -2.31. The molecular formula is C22H34ClNO4Si. The van der Waals surface area contributed by atoms with E-state index in [1.807, 2.05) is 37.4 Å². The lowest BCUT2D eigenvalue weighted by Gasteiger charge is -2.21. The largest absolute Gasteiger partial charge is 0.464 e. The molecule has 0 spiro atoms. The molecule has 0 N–H and O–H groups in total. The molecule has 162 valence electrons. The highest BCUT2D eigenvalue weighted by Gasteiger charge is 2.30. The van der Waals surface area contributed by atoms with Gasteiger partial charge in [0.1, 0.15) is 6.73 Å². The van der Waals surface area contributed by atoms with Gasteiger partial charge in [0, 0.05) is 33.0 Å². The van der Waals surface area contributed by atoms with Gasteiger partial charge in [-0.05, 0) is 48.5 Å². The van der Waals surface area contributed by atoms with Gasteiger partial charge in [0.25, 0.3) is 0 Å². The number of nitrogens with zero attached hydrogens (tertiary/aromatic N) is 1. The molecule has 2 unspecified atom stereocenters. The summed E-state index contributed by atoms with van der Waals surface area (Å²) in [6.45, 7) is 12.9. The van der Waals surface area contributed by atoms with Crippen molar-refractivity contribution < 1.29 is 19.0 Å². The van der Waals surface area contributed by atoms with Gasteiger partial charge in [0.15, 0.2) is 6.10 Å². The van der Waals surface area contributed by atoms with Crippen molar-refractivity contribution in [3.05, 3.63) is 36.0 Å². The molecule has 2 rings (SSSR count). The Bertz CT molecular complexity index is 787. The first-order chi connectivity index (χ1) is 13.8. The molecule has 0 radical (unpaired) electrons. The van der Waals surface area contributed by atoms with E-state index in [4.69, 9.17) is 25.8 Å². The third-order valence-corrected chi connectivity index (χ3v) is 6.81. The fourth-order valence-corrected chi connectivity index (χ4v) is 4.03. The summed E-state index contributed by atoms with van der Waals surface area (Å²) in [5.74, 6) is -0.422. The molecule has 1 heterocycles. The number of benzene rings is 1. The quantitative estimate of drug-likeness (QED) is 0.187. The number of ether oxygens (including phenoxy) is 3. The zero-order chi connectivity index (χ0) is 21.4. The Morgan fingerprint density at radius 2 is 1.93 bits per heavy atom. The summed E-state index contributed by atoms with van der Waals surface area (Å²) in [5.41, 5.74) is 1.92. The zero-order valence-corrected chi connectivity index (χ0v) is 20.0. The number of hydrogen-bond acceptors (Lipinski definition) is 4. The second-order valence-electron chi connectivity index (χ2n) is 8.40. The molecule has 2 aromatic rings. The standard InChI is InChI=1S/C22H34ClNO4Si/c1-6-12-28-21(22(25)27-7-2)20(23)18-8-9-19-17(15-18)10-11-24(19)16-26-13-14-29(3,4)5/h8-11,15,20-21H,6-7,12-14,16H2,1-5H3. The summed E-state index contributed by atoms with van der Waals surface area (Å²) in [6, 6.07) is 9.16. The number of rotatable bonds is 12. The van der Waals surface area contributed by atoms with E-state index in [1.165, 1.54) is 0 Å². The Labute approximate surface area is 180 Å². The van der Waals surface area contributed by atoms with Crippen LogP contribution in [0.5, 0.6) is 0 Å². The Hall–Kier alpha value is -1.34. The fraction of sp³-hybridized carbons (Fsp3) is 0.591. The van der Waals surface area contributed by atoms with E-state index in [2.05, 4.69) is 24.2 Å². The summed E-state index contributed by atoms with van der Waals surface area (Å²) >= 11 is 6.64. The Morgan fingerprint density at radius 1 is 1.17 bits per heavy atom. The third-order valence-electron chi connectivity index (χ3n) is 4.63. The maximum absolute atomic E-state index is 12.3. The minimum atomic E-state index is -1.09. The Morgan fingerprint density at radius 3 is 2.59 bits per heavy atom. The number of hydrogen-bond donors (Lipinski definition) is 0. The van der Waals surface area contributed by atoms with E-state index in [-0.39, 0.29) is 0 Å². The van der Waals surface area contributed by atoms with Crippen molar-refractivity contribution in [2.75, 3.05) is 19.8 Å². The molecule has 0 bridgehead atoms. The van der Waals surface area contributed by atoms with Crippen molar-refractivity contribution in [1.29, 1.82) is 0 Å². The van der Waals surface area contributed by atoms with Crippen molar-refractivity contribution in [1.82, 2.24) is 4.57 Å². The molecule has 29 heavy (non-hydrogen) atoms. The predicted octanol–water partition coefficient (Wildman–Crippen LogP) is 5.59. The summed E-state index contributed by atoms with van der Waals surface area (Å²) in [5, 5.41) is 0.446. The molecule has 0 saturated heterocycles.